The Morgan fingerprint density at radius 1 is 1.18 bits per heavy atom. The fourth-order valence-electron chi connectivity index (χ4n) is 3.69. The first-order valence-electron chi connectivity index (χ1n) is 9.74. The standard InChI is InChI=1S/C22H27NO4S/c1-3-4-6-17-8-11-20(12-9-17)28(25,26)23-16-18(7-5-14-24)21-15-19(27-2)10-13-22(21)23/h8-15,18H,3-7,16H2,1-2H3. The third kappa shape index (κ3) is 4.07. The molecule has 1 aliphatic rings. The predicted octanol–water partition coefficient (Wildman–Crippen LogP) is 4.31. The van der Waals surface area contributed by atoms with Gasteiger partial charge in [0, 0.05) is 18.9 Å². The molecule has 2 aromatic rings. The van der Waals surface area contributed by atoms with Crippen LogP contribution in [0.25, 0.3) is 0 Å². The van der Waals surface area contributed by atoms with E-state index < -0.39 is 10.0 Å². The van der Waals surface area contributed by atoms with E-state index in [0.29, 0.717) is 35.7 Å². The summed E-state index contributed by atoms with van der Waals surface area (Å²) in [7, 11) is -2.07. The summed E-state index contributed by atoms with van der Waals surface area (Å²) < 4.78 is 33.4. The molecule has 0 radical (unpaired) electrons. The smallest absolute Gasteiger partial charge is 0.264 e. The maximum atomic E-state index is 13.3. The van der Waals surface area contributed by atoms with E-state index in [1.807, 2.05) is 18.2 Å². The predicted molar refractivity (Wildman–Crippen MR) is 111 cm³/mol. The van der Waals surface area contributed by atoms with Gasteiger partial charge in [0.2, 0.25) is 0 Å². The largest absolute Gasteiger partial charge is 0.497 e. The minimum Gasteiger partial charge on any atom is -0.497 e. The van der Waals surface area contributed by atoms with Crippen LogP contribution in [-0.2, 0) is 21.2 Å². The van der Waals surface area contributed by atoms with Gasteiger partial charge in [-0.2, -0.15) is 0 Å². The fraction of sp³-hybridized carbons (Fsp3) is 0.409. The van der Waals surface area contributed by atoms with E-state index in [9.17, 15) is 13.2 Å². The zero-order chi connectivity index (χ0) is 20.1. The minimum absolute atomic E-state index is 0.0195. The molecule has 1 aliphatic heterocycles. The highest BCUT2D eigenvalue weighted by Crippen LogP contribution is 2.43. The molecule has 6 heteroatoms. The Bertz CT molecular complexity index is 922. The van der Waals surface area contributed by atoms with Crippen LogP contribution in [0.2, 0.25) is 0 Å². The second-order valence-corrected chi connectivity index (χ2v) is 9.01. The Kier molecular flexibility index (Phi) is 6.39. The van der Waals surface area contributed by atoms with Crippen molar-refractivity contribution >= 4 is 22.0 Å². The summed E-state index contributed by atoms with van der Waals surface area (Å²) in [5.74, 6) is 0.670. The van der Waals surface area contributed by atoms with Crippen molar-refractivity contribution in [2.24, 2.45) is 0 Å². The van der Waals surface area contributed by atoms with Gasteiger partial charge >= 0.3 is 0 Å². The van der Waals surface area contributed by atoms with Crippen LogP contribution < -0.4 is 9.04 Å². The van der Waals surface area contributed by atoms with Gasteiger partial charge in [0.05, 0.1) is 17.7 Å². The Hall–Kier alpha value is -2.34. The number of aryl methyl sites for hydroxylation is 1. The maximum absolute atomic E-state index is 13.3. The van der Waals surface area contributed by atoms with E-state index in [-0.39, 0.29) is 5.92 Å². The summed E-state index contributed by atoms with van der Waals surface area (Å²) >= 11 is 0. The zero-order valence-electron chi connectivity index (χ0n) is 16.4. The van der Waals surface area contributed by atoms with Crippen LogP contribution in [0.4, 0.5) is 5.69 Å². The summed E-state index contributed by atoms with van der Waals surface area (Å²) in [5.41, 5.74) is 2.74. The van der Waals surface area contributed by atoms with Gasteiger partial charge in [-0.15, -0.1) is 0 Å². The maximum Gasteiger partial charge on any atom is 0.264 e. The van der Waals surface area contributed by atoms with Gasteiger partial charge in [0.25, 0.3) is 10.0 Å². The summed E-state index contributed by atoms with van der Waals surface area (Å²) in [4.78, 5) is 11.1. The van der Waals surface area contributed by atoms with E-state index in [4.69, 9.17) is 4.74 Å². The minimum atomic E-state index is -3.66. The van der Waals surface area contributed by atoms with Crippen molar-refractivity contribution in [2.75, 3.05) is 18.0 Å². The first kappa shape index (κ1) is 20.4. The number of aldehydes is 1. The highest BCUT2D eigenvalue weighted by Gasteiger charge is 2.36. The van der Waals surface area contributed by atoms with Crippen molar-refractivity contribution in [1.82, 2.24) is 0 Å². The monoisotopic (exact) mass is 401 g/mol. The third-order valence-corrected chi connectivity index (χ3v) is 7.09. The summed E-state index contributed by atoms with van der Waals surface area (Å²) in [5, 5.41) is 0. The van der Waals surface area contributed by atoms with Crippen LogP contribution in [0.5, 0.6) is 5.75 Å². The zero-order valence-corrected chi connectivity index (χ0v) is 17.2. The van der Waals surface area contributed by atoms with Crippen molar-refractivity contribution in [1.29, 1.82) is 0 Å². The average molecular weight is 402 g/mol. The number of unbranched alkanes of at least 4 members (excludes halogenated alkanes) is 1. The van der Waals surface area contributed by atoms with Crippen LogP contribution in [-0.4, -0.2) is 28.4 Å². The molecule has 1 heterocycles. The van der Waals surface area contributed by atoms with Crippen molar-refractivity contribution in [2.45, 2.75) is 49.8 Å². The van der Waals surface area contributed by atoms with Gasteiger partial charge < -0.3 is 9.53 Å². The lowest BCUT2D eigenvalue weighted by Gasteiger charge is -2.20. The Morgan fingerprint density at radius 2 is 1.93 bits per heavy atom. The second kappa shape index (κ2) is 8.78. The van der Waals surface area contributed by atoms with E-state index in [0.717, 1.165) is 36.7 Å². The molecular weight excluding hydrogens is 374 g/mol. The van der Waals surface area contributed by atoms with Crippen LogP contribution in [0, 0.1) is 0 Å². The molecule has 0 fully saturated rings. The van der Waals surface area contributed by atoms with E-state index in [2.05, 4.69) is 6.92 Å². The van der Waals surface area contributed by atoms with Gasteiger partial charge in [-0.25, -0.2) is 8.42 Å². The number of carbonyl (C=O) groups excluding carboxylic acids is 1. The number of sulfonamides is 1. The van der Waals surface area contributed by atoms with Crippen LogP contribution in [0.15, 0.2) is 47.4 Å². The van der Waals surface area contributed by atoms with E-state index in [1.165, 1.54) is 4.31 Å². The van der Waals surface area contributed by atoms with Crippen molar-refractivity contribution < 1.29 is 17.9 Å². The molecule has 1 atom stereocenters. The molecule has 2 aromatic carbocycles. The lowest BCUT2D eigenvalue weighted by molar-refractivity contribution is -0.108. The van der Waals surface area contributed by atoms with Crippen LogP contribution in [0.3, 0.4) is 0 Å². The number of hydrogen-bond acceptors (Lipinski definition) is 4. The third-order valence-electron chi connectivity index (χ3n) is 5.29. The summed E-state index contributed by atoms with van der Waals surface area (Å²) in [6, 6.07) is 12.6. The van der Waals surface area contributed by atoms with Crippen molar-refractivity contribution in [3.63, 3.8) is 0 Å². The molecule has 0 N–H and O–H groups in total. The molecule has 0 bridgehead atoms. The molecule has 150 valence electrons. The number of hydrogen-bond donors (Lipinski definition) is 0. The number of nitrogens with zero attached hydrogens (tertiary/aromatic N) is 1. The number of benzene rings is 2. The van der Waals surface area contributed by atoms with Crippen molar-refractivity contribution in [3.8, 4) is 5.75 Å². The van der Waals surface area contributed by atoms with Gasteiger partial charge in [-0.1, -0.05) is 25.5 Å². The molecule has 5 nitrogen and oxygen atoms in total. The number of anilines is 1. The molecular formula is C22H27NO4S. The Labute approximate surface area is 167 Å². The van der Waals surface area contributed by atoms with Crippen LogP contribution in [0.1, 0.15) is 49.7 Å². The van der Waals surface area contributed by atoms with Gasteiger partial charge in [-0.05, 0) is 60.7 Å². The molecule has 1 unspecified atom stereocenters. The van der Waals surface area contributed by atoms with Gasteiger partial charge in [0.15, 0.2) is 0 Å². The molecule has 3 rings (SSSR count). The molecule has 0 aromatic heterocycles. The second-order valence-electron chi connectivity index (χ2n) is 7.15. The number of carbonyl (C=O) groups is 1. The van der Waals surface area contributed by atoms with Gasteiger partial charge in [0.1, 0.15) is 12.0 Å². The Morgan fingerprint density at radius 3 is 2.57 bits per heavy atom. The van der Waals surface area contributed by atoms with Crippen LogP contribution >= 0.6 is 0 Å². The van der Waals surface area contributed by atoms with Gasteiger partial charge in [-0.3, -0.25) is 4.31 Å². The van der Waals surface area contributed by atoms with Crippen molar-refractivity contribution in [3.05, 3.63) is 53.6 Å². The lowest BCUT2D eigenvalue weighted by Crippen LogP contribution is -2.30. The molecule has 0 aliphatic carbocycles. The normalized spacial score (nSPS) is 16.1. The molecule has 0 amide bonds. The number of ether oxygens (including phenoxy) is 1. The lowest BCUT2D eigenvalue weighted by atomic mass is 9.96. The fourth-order valence-corrected chi connectivity index (χ4v) is 5.23. The summed E-state index contributed by atoms with van der Waals surface area (Å²) in [6.45, 7) is 2.48. The topological polar surface area (TPSA) is 63.7 Å². The quantitative estimate of drug-likeness (QED) is 0.588. The highest BCUT2D eigenvalue weighted by atomic mass is 32.2. The number of methoxy groups -OCH3 is 1. The SMILES string of the molecule is CCCCc1ccc(S(=O)(=O)N2CC(CCC=O)c3cc(OC)ccc32)cc1. The molecule has 0 spiro atoms. The molecule has 28 heavy (non-hydrogen) atoms. The van der Waals surface area contributed by atoms with E-state index in [1.54, 1.807) is 31.4 Å². The number of fused-ring (bicyclic) bond motifs is 1. The first-order valence-corrected chi connectivity index (χ1v) is 11.2. The number of rotatable bonds is 9. The average Bonchev–Trinajstić information content (AvgIpc) is 3.09. The molecule has 0 saturated heterocycles. The Balaban J connectivity index is 1.92. The first-order chi connectivity index (χ1) is 13.5. The highest BCUT2D eigenvalue weighted by molar-refractivity contribution is 7.92. The van der Waals surface area contributed by atoms with E-state index >= 15 is 0 Å². The molecule has 0 saturated carbocycles. The summed E-state index contributed by atoms with van der Waals surface area (Å²) in [6.07, 6.45) is 5.05.